The number of imide groups is 1. The second kappa shape index (κ2) is 5.20. The van der Waals surface area contributed by atoms with Gasteiger partial charge in [0.05, 0.1) is 15.6 Å². The van der Waals surface area contributed by atoms with Crippen LogP contribution in [-0.2, 0) is 9.59 Å². The van der Waals surface area contributed by atoms with Crippen LogP contribution in [0.1, 0.15) is 44.1 Å². The van der Waals surface area contributed by atoms with Crippen LogP contribution in [0.3, 0.4) is 0 Å². The van der Waals surface area contributed by atoms with Gasteiger partial charge in [-0.15, -0.1) is 0 Å². The topological polar surface area (TPSA) is 37.4 Å². The number of amides is 2. The first-order valence-electron chi connectivity index (χ1n) is 7.28. The number of rotatable bonds is 1. The van der Waals surface area contributed by atoms with Crippen LogP contribution in [-0.4, -0.2) is 11.8 Å². The van der Waals surface area contributed by atoms with Crippen LogP contribution < -0.4 is 4.90 Å². The molecule has 0 unspecified atom stereocenters. The molecule has 1 spiro atoms. The maximum atomic E-state index is 13.8. The lowest BCUT2D eigenvalue weighted by Gasteiger charge is -2.30. The van der Waals surface area contributed by atoms with Gasteiger partial charge in [0.25, 0.3) is 0 Å². The molecule has 1 aliphatic heterocycles. The lowest BCUT2D eigenvalue weighted by Crippen LogP contribution is -2.37. The van der Waals surface area contributed by atoms with Gasteiger partial charge in [-0.25, -0.2) is 9.29 Å². The molecule has 2 amide bonds. The van der Waals surface area contributed by atoms with Gasteiger partial charge < -0.3 is 0 Å². The van der Waals surface area contributed by atoms with Crippen LogP contribution in [0.5, 0.6) is 0 Å². The van der Waals surface area contributed by atoms with E-state index in [1.54, 1.807) is 13.0 Å². The Morgan fingerprint density at radius 1 is 1.19 bits per heavy atom. The van der Waals surface area contributed by atoms with Crippen molar-refractivity contribution in [2.24, 2.45) is 5.41 Å². The molecule has 0 radical (unpaired) electrons. The zero-order valence-corrected chi connectivity index (χ0v) is 13.5. The number of benzene rings is 1. The standard InChI is InChI=1S/C16H17BrFNO2/c1-10-7-11(17)12(18)8-13(10)19-14(20)9-16(15(19)21)5-3-2-4-6-16/h7-8H,2-6,9H2,1H3. The smallest absolute Gasteiger partial charge is 0.240 e. The number of anilines is 1. The highest BCUT2D eigenvalue weighted by molar-refractivity contribution is 9.10. The van der Waals surface area contributed by atoms with E-state index < -0.39 is 11.2 Å². The van der Waals surface area contributed by atoms with Crippen LogP contribution in [0.2, 0.25) is 0 Å². The molecule has 1 aromatic carbocycles. The van der Waals surface area contributed by atoms with Crippen molar-refractivity contribution in [3.05, 3.63) is 28.0 Å². The highest BCUT2D eigenvalue weighted by Crippen LogP contribution is 2.47. The quantitative estimate of drug-likeness (QED) is 0.712. The SMILES string of the molecule is Cc1cc(Br)c(F)cc1N1C(=O)CC2(CCCCC2)C1=O. The summed E-state index contributed by atoms with van der Waals surface area (Å²) in [5.74, 6) is -0.801. The molecule has 0 atom stereocenters. The van der Waals surface area contributed by atoms with E-state index in [0.717, 1.165) is 37.7 Å². The minimum atomic E-state index is -0.536. The van der Waals surface area contributed by atoms with E-state index in [-0.39, 0.29) is 18.2 Å². The Kier molecular flexibility index (Phi) is 3.64. The van der Waals surface area contributed by atoms with Gasteiger partial charge in [0, 0.05) is 6.42 Å². The summed E-state index contributed by atoms with van der Waals surface area (Å²) in [5, 5.41) is 0. The predicted octanol–water partition coefficient (Wildman–Crippen LogP) is 4.11. The first kappa shape index (κ1) is 14.7. The van der Waals surface area contributed by atoms with Crippen molar-refractivity contribution in [2.75, 3.05) is 4.90 Å². The Morgan fingerprint density at radius 3 is 2.52 bits per heavy atom. The number of aryl methyl sites for hydroxylation is 1. The van der Waals surface area contributed by atoms with Crippen LogP contribution in [0.25, 0.3) is 0 Å². The van der Waals surface area contributed by atoms with E-state index in [1.165, 1.54) is 11.0 Å². The van der Waals surface area contributed by atoms with Crippen molar-refractivity contribution < 1.29 is 14.0 Å². The Hall–Kier alpha value is -1.23. The van der Waals surface area contributed by atoms with Crippen LogP contribution in [0.15, 0.2) is 16.6 Å². The highest BCUT2D eigenvalue weighted by Gasteiger charge is 2.52. The lowest BCUT2D eigenvalue weighted by atomic mass is 9.73. The van der Waals surface area contributed by atoms with Gasteiger partial charge in [0.15, 0.2) is 0 Å². The monoisotopic (exact) mass is 353 g/mol. The van der Waals surface area contributed by atoms with Gasteiger partial charge in [-0.2, -0.15) is 0 Å². The molecular weight excluding hydrogens is 337 g/mol. The van der Waals surface area contributed by atoms with Gasteiger partial charge in [0.1, 0.15) is 5.82 Å². The molecule has 1 saturated carbocycles. The van der Waals surface area contributed by atoms with E-state index in [2.05, 4.69) is 15.9 Å². The Labute approximate surface area is 131 Å². The van der Waals surface area contributed by atoms with E-state index >= 15 is 0 Å². The predicted molar refractivity (Wildman–Crippen MR) is 81.5 cm³/mol. The first-order chi connectivity index (χ1) is 9.94. The number of carbonyl (C=O) groups excluding carboxylic acids is 2. The van der Waals surface area contributed by atoms with Gasteiger partial charge in [-0.3, -0.25) is 9.59 Å². The fraction of sp³-hybridized carbons (Fsp3) is 0.500. The zero-order valence-electron chi connectivity index (χ0n) is 11.9. The molecule has 3 nitrogen and oxygen atoms in total. The summed E-state index contributed by atoms with van der Waals surface area (Å²) >= 11 is 3.13. The molecule has 1 heterocycles. The second-order valence-corrected chi connectivity index (χ2v) is 6.96. The van der Waals surface area contributed by atoms with Crippen molar-refractivity contribution >= 4 is 33.4 Å². The fourth-order valence-electron chi connectivity index (χ4n) is 3.53. The van der Waals surface area contributed by atoms with E-state index in [9.17, 15) is 14.0 Å². The van der Waals surface area contributed by atoms with Crippen molar-refractivity contribution in [1.29, 1.82) is 0 Å². The summed E-state index contributed by atoms with van der Waals surface area (Å²) in [6, 6.07) is 2.88. The zero-order chi connectivity index (χ0) is 15.2. The summed E-state index contributed by atoms with van der Waals surface area (Å²) < 4.78 is 14.1. The molecule has 5 heteroatoms. The maximum Gasteiger partial charge on any atom is 0.240 e. The molecule has 0 bridgehead atoms. The Balaban J connectivity index is 2.01. The third kappa shape index (κ3) is 2.31. The Bertz CT molecular complexity index is 623. The highest BCUT2D eigenvalue weighted by atomic mass is 79.9. The summed E-state index contributed by atoms with van der Waals surface area (Å²) in [7, 11) is 0. The molecule has 0 aromatic heterocycles. The molecule has 112 valence electrons. The van der Waals surface area contributed by atoms with Gasteiger partial charge >= 0.3 is 0 Å². The number of hydrogen-bond acceptors (Lipinski definition) is 2. The molecule has 21 heavy (non-hydrogen) atoms. The average Bonchev–Trinajstić information content (AvgIpc) is 2.67. The fourth-order valence-corrected chi connectivity index (χ4v) is 3.99. The van der Waals surface area contributed by atoms with Crippen molar-refractivity contribution in [3.8, 4) is 0 Å². The third-order valence-electron chi connectivity index (χ3n) is 4.69. The molecule has 1 saturated heterocycles. The number of hydrogen-bond donors (Lipinski definition) is 0. The number of nitrogens with zero attached hydrogens (tertiary/aromatic N) is 1. The molecule has 2 aliphatic rings. The summed E-state index contributed by atoms with van der Waals surface area (Å²) in [6.07, 6.45) is 4.90. The third-order valence-corrected chi connectivity index (χ3v) is 5.29. The summed E-state index contributed by atoms with van der Waals surface area (Å²) in [5.41, 5.74) is 0.566. The van der Waals surface area contributed by atoms with Crippen LogP contribution >= 0.6 is 15.9 Å². The van der Waals surface area contributed by atoms with Gasteiger partial charge in [-0.1, -0.05) is 19.3 Å². The first-order valence-corrected chi connectivity index (χ1v) is 8.07. The minimum Gasteiger partial charge on any atom is -0.274 e. The molecule has 2 fully saturated rings. The largest absolute Gasteiger partial charge is 0.274 e. The molecule has 0 N–H and O–H groups in total. The van der Waals surface area contributed by atoms with Gasteiger partial charge in [0.2, 0.25) is 11.8 Å². The van der Waals surface area contributed by atoms with Crippen LogP contribution in [0.4, 0.5) is 10.1 Å². The minimum absolute atomic E-state index is 0.142. The molecule has 1 aromatic rings. The number of carbonyl (C=O) groups is 2. The normalized spacial score (nSPS) is 21.4. The molecular formula is C16H17BrFNO2. The lowest BCUT2D eigenvalue weighted by molar-refractivity contribution is -0.127. The van der Waals surface area contributed by atoms with E-state index in [4.69, 9.17) is 0 Å². The average molecular weight is 354 g/mol. The van der Waals surface area contributed by atoms with Crippen molar-refractivity contribution in [3.63, 3.8) is 0 Å². The Morgan fingerprint density at radius 2 is 1.86 bits per heavy atom. The summed E-state index contributed by atoms with van der Waals surface area (Å²) in [6.45, 7) is 1.78. The van der Waals surface area contributed by atoms with Crippen molar-refractivity contribution in [1.82, 2.24) is 0 Å². The second-order valence-electron chi connectivity index (χ2n) is 6.10. The van der Waals surface area contributed by atoms with Crippen LogP contribution in [0, 0.1) is 18.2 Å². The maximum absolute atomic E-state index is 13.8. The van der Waals surface area contributed by atoms with Gasteiger partial charge in [-0.05, 0) is 53.4 Å². The molecule has 3 rings (SSSR count). The van der Waals surface area contributed by atoms with Crippen molar-refractivity contribution in [2.45, 2.75) is 45.4 Å². The molecule has 1 aliphatic carbocycles. The summed E-state index contributed by atoms with van der Waals surface area (Å²) in [4.78, 5) is 26.4. The number of halogens is 2. The van der Waals surface area contributed by atoms with E-state index in [1.807, 2.05) is 0 Å². The van der Waals surface area contributed by atoms with E-state index in [0.29, 0.717) is 10.2 Å².